The predicted molar refractivity (Wildman–Crippen MR) is 68.6 cm³/mol. The summed E-state index contributed by atoms with van der Waals surface area (Å²) in [6.07, 6.45) is 2.08. The molecule has 1 aromatic heterocycles. The molecule has 0 aliphatic carbocycles. The summed E-state index contributed by atoms with van der Waals surface area (Å²) in [5, 5.41) is 2.75. The summed E-state index contributed by atoms with van der Waals surface area (Å²) in [5.41, 5.74) is -0.441. The molecule has 0 saturated carbocycles. The zero-order valence-electron chi connectivity index (χ0n) is 10.8. The molecule has 106 valence electrons. The number of carbonyl (C=O) groups excluding carboxylic acids is 1. The van der Waals surface area contributed by atoms with Crippen LogP contribution in [0.1, 0.15) is 16.1 Å². The lowest BCUT2D eigenvalue weighted by Gasteiger charge is -2.09. The van der Waals surface area contributed by atoms with Crippen molar-refractivity contribution in [2.75, 3.05) is 19.0 Å². The molecule has 0 amide bonds. The van der Waals surface area contributed by atoms with E-state index in [0.29, 0.717) is 13.0 Å². The fraction of sp³-hybridized carbons (Fsp3) is 0.214. The van der Waals surface area contributed by atoms with E-state index < -0.39 is 23.2 Å². The second-order valence-electron chi connectivity index (χ2n) is 4.04. The van der Waals surface area contributed by atoms with Gasteiger partial charge in [-0.25, -0.2) is 13.6 Å². The number of esters is 1. The molecular formula is C14H13F2NO3. The molecule has 0 spiro atoms. The fourth-order valence-electron chi connectivity index (χ4n) is 1.73. The molecular weight excluding hydrogens is 268 g/mol. The molecule has 0 bridgehead atoms. The molecule has 20 heavy (non-hydrogen) atoms. The number of benzene rings is 1. The van der Waals surface area contributed by atoms with E-state index in [9.17, 15) is 13.6 Å². The van der Waals surface area contributed by atoms with Crippen molar-refractivity contribution >= 4 is 11.7 Å². The van der Waals surface area contributed by atoms with Gasteiger partial charge >= 0.3 is 5.97 Å². The topological polar surface area (TPSA) is 51.5 Å². The minimum Gasteiger partial charge on any atom is -0.469 e. The summed E-state index contributed by atoms with van der Waals surface area (Å²) in [6, 6.07) is 6.02. The molecule has 4 nitrogen and oxygen atoms in total. The van der Waals surface area contributed by atoms with Gasteiger partial charge in [-0.3, -0.25) is 0 Å². The smallest absolute Gasteiger partial charge is 0.340 e. The fourth-order valence-corrected chi connectivity index (χ4v) is 1.73. The van der Waals surface area contributed by atoms with E-state index >= 15 is 0 Å². The van der Waals surface area contributed by atoms with Crippen molar-refractivity contribution in [1.82, 2.24) is 0 Å². The van der Waals surface area contributed by atoms with Gasteiger partial charge < -0.3 is 14.5 Å². The summed E-state index contributed by atoms with van der Waals surface area (Å²) in [5.74, 6) is -2.50. The summed E-state index contributed by atoms with van der Waals surface area (Å²) in [6.45, 7) is 0.376. The number of rotatable bonds is 5. The molecule has 0 atom stereocenters. The zero-order chi connectivity index (χ0) is 14.5. The number of furan rings is 1. The normalized spacial score (nSPS) is 10.3. The predicted octanol–water partition coefficient (Wildman–Crippen LogP) is 3.00. The summed E-state index contributed by atoms with van der Waals surface area (Å²) in [4.78, 5) is 11.2. The SMILES string of the molecule is COC(=O)c1ccc(NCCc2ccco2)c(F)c1F. The number of halogens is 2. The van der Waals surface area contributed by atoms with E-state index in [4.69, 9.17) is 4.42 Å². The Bertz CT molecular complexity index is 597. The van der Waals surface area contributed by atoms with Gasteiger partial charge in [0.25, 0.3) is 0 Å². The molecule has 0 fully saturated rings. The maximum Gasteiger partial charge on any atom is 0.340 e. The second-order valence-corrected chi connectivity index (χ2v) is 4.04. The Balaban J connectivity index is 2.05. The van der Waals surface area contributed by atoms with Crippen LogP contribution in [0.3, 0.4) is 0 Å². The first-order valence-electron chi connectivity index (χ1n) is 5.96. The lowest BCUT2D eigenvalue weighted by molar-refractivity contribution is 0.0594. The third-order valence-electron chi connectivity index (χ3n) is 2.75. The van der Waals surface area contributed by atoms with Crippen LogP contribution in [-0.2, 0) is 11.2 Å². The maximum absolute atomic E-state index is 13.8. The number of ether oxygens (including phenoxy) is 1. The van der Waals surface area contributed by atoms with Gasteiger partial charge in [-0.1, -0.05) is 0 Å². The van der Waals surface area contributed by atoms with Crippen LogP contribution >= 0.6 is 0 Å². The average Bonchev–Trinajstić information content (AvgIpc) is 2.96. The first kappa shape index (κ1) is 14.0. The molecule has 1 aromatic carbocycles. The highest BCUT2D eigenvalue weighted by Crippen LogP contribution is 2.21. The van der Waals surface area contributed by atoms with Gasteiger partial charge in [-0.2, -0.15) is 0 Å². The van der Waals surface area contributed by atoms with Gasteiger partial charge in [-0.15, -0.1) is 0 Å². The van der Waals surface area contributed by atoms with E-state index in [1.54, 1.807) is 18.4 Å². The minimum atomic E-state index is -1.22. The molecule has 1 heterocycles. The maximum atomic E-state index is 13.8. The molecule has 2 aromatic rings. The Labute approximate surface area is 114 Å². The van der Waals surface area contributed by atoms with E-state index in [1.807, 2.05) is 0 Å². The van der Waals surface area contributed by atoms with Crippen molar-refractivity contribution in [3.8, 4) is 0 Å². The van der Waals surface area contributed by atoms with Gasteiger partial charge in [0.2, 0.25) is 0 Å². The van der Waals surface area contributed by atoms with Gasteiger partial charge in [0.05, 0.1) is 24.6 Å². The molecule has 0 saturated heterocycles. The summed E-state index contributed by atoms with van der Waals surface area (Å²) >= 11 is 0. The highest BCUT2D eigenvalue weighted by Gasteiger charge is 2.18. The Morgan fingerprint density at radius 1 is 1.30 bits per heavy atom. The lowest BCUT2D eigenvalue weighted by atomic mass is 10.1. The van der Waals surface area contributed by atoms with Crippen LogP contribution in [0.2, 0.25) is 0 Å². The average molecular weight is 281 g/mol. The van der Waals surface area contributed by atoms with Gasteiger partial charge in [0.1, 0.15) is 5.76 Å². The monoisotopic (exact) mass is 281 g/mol. The molecule has 0 aliphatic rings. The van der Waals surface area contributed by atoms with Crippen LogP contribution in [-0.4, -0.2) is 19.6 Å². The van der Waals surface area contributed by atoms with Crippen molar-refractivity contribution in [2.24, 2.45) is 0 Å². The van der Waals surface area contributed by atoms with E-state index in [1.165, 1.54) is 12.1 Å². The van der Waals surface area contributed by atoms with Crippen molar-refractivity contribution in [3.05, 3.63) is 53.5 Å². The zero-order valence-corrected chi connectivity index (χ0v) is 10.8. The number of methoxy groups -OCH3 is 1. The Kier molecular flexibility index (Phi) is 4.34. The minimum absolute atomic E-state index is 0.0123. The molecule has 0 unspecified atom stereocenters. The third-order valence-corrected chi connectivity index (χ3v) is 2.75. The van der Waals surface area contributed by atoms with Gasteiger partial charge in [0.15, 0.2) is 11.6 Å². The van der Waals surface area contributed by atoms with Crippen LogP contribution in [0.4, 0.5) is 14.5 Å². The quantitative estimate of drug-likeness (QED) is 0.856. The summed E-state index contributed by atoms with van der Waals surface area (Å²) in [7, 11) is 1.11. The van der Waals surface area contributed by atoms with E-state index in [0.717, 1.165) is 12.9 Å². The van der Waals surface area contributed by atoms with Crippen LogP contribution in [0.15, 0.2) is 34.9 Å². The first-order chi connectivity index (χ1) is 9.63. The van der Waals surface area contributed by atoms with E-state index in [2.05, 4.69) is 10.1 Å². The standard InChI is InChI=1S/C14H13F2NO3/c1-19-14(18)10-4-5-11(13(16)12(10)15)17-7-6-9-3-2-8-20-9/h2-5,8,17H,6-7H2,1H3. The van der Waals surface area contributed by atoms with Crippen molar-refractivity contribution in [3.63, 3.8) is 0 Å². The number of nitrogens with one attached hydrogen (secondary N) is 1. The molecule has 0 aliphatic heterocycles. The highest BCUT2D eigenvalue weighted by molar-refractivity contribution is 5.90. The summed E-state index contributed by atoms with van der Waals surface area (Å²) < 4.78 is 36.9. The van der Waals surface area contributed by atoms with Crippen molar-refractivity contribution in [1.29, 1.82) is 0 Å². The highest BCUT2D eigenvalue weighted by atomic mass is 19.2. The molecule has 6 heteroatoms. The molecule has 1 N–H and O–H groups in total. The van der Waals surface area contributed by atoms with Crippen LogP contribution in [0, 0.1) is 11.6 Å². The largest absolute Gasteiger partial charge is 0.469 e. The Morgan fingerprint density at radius 2 is 2.10 bits per heavy atom. The first-order valence-corrected chi connectivity index (χ1v) is 5.96. The van der Waals surface area contributed by atoms with Crippen LogP contribution in [0.5, 0.6) is 0 Å². The Morgan fingerprint density at radius 3 is 2.75 bits per heavy atom. The van der Waals surface area contributed by atoms with Crippen LogP contribution in [0.25, 0.3) is 0 Å². The van der Waals surface area contributed by atoms with Crippen molar-refractivity contribution in [2.45, 2.75) is 6.42 Å². The van der Waals surface area contributed by atoms with Gasteiger partial charge in [-0.05, 0) is 24.3 Å². The number of hydrogen-bond acceptors (Lipinski definition) is 4. The second kappa shape index (κ2) is 6.18. The number of carbonyl (C=O) groups is 1. The third kappa shape index (κ3) is 2.96. The molecule has 2 rings (SSSR count). The lowest BCUT2D eigenvalue weighted by Crippen LogP contribution is -2.10. The molecule has 0 radical (unpaired) electrons. The number of hydrogen-bond donors (Lipinski definition) is 1. The van der Waals surface area contributed by atoms with Crippen molar-refractivity contribution < 1.29 is 22.7 Å². The Hall–Kier alpha value is -2.37. The number of anilines is 1. The van der Waals surface area contributed by atoms with E-state index in [-0.39, 0.29) is 5.69 Å². The van der Waals surface area contributed by atoms with Crippen LogP contribution < -0.4 is 5.32 Å². The van der Waals surface area contributed by atoms with Gasteiger partial charge in [0, 0.05) is 13.0 Å².